The van der Waals surface area contributed by atoms with Gasteiger partial charge in [0.05, 0.1) is 11.2 Å². The summed E-state index contributed by atoms with van der Waals surface area (Å²) in [4.78, 5) is 31.0. The molecular formula is C29H30FN3O4. The third-order valence-corrected chi connectivity index (χ3v) is 6.85. The molecule has 1 fully saturated rings. The van der Waals surface area contributed by atoms with Gasteiger partial charge in [0.1, 0.15) is 17.1 Å². The lowest BCUT2D eigenvalue weighted by Crippen LogP contribution is -2.52. The number of alkyl carbamates (subject to hydrolysis) is 1. The van der Waals surface area contributed by atoms with Crippen LogP contribution in [-0.4, -0.2) is 36.2 Å². The van der Waals surface area contributed by atoms with Gasteiger partial charge in [-0.05, 0) is 69.4 Å². The number of ether oxygens (including phenoxy) is 2. The minimum Gasteiger partial charge on any atom is -0.466 e. The van der Waals surface area contributed by atoms with E-state index < -0.39 is 17.2 Å². The van der Waals surface area contributed by atoms with Gasteiger partial charge in [-0.3, -0.25) is 4.79 Å². The summed E-state index contributed by atoms with van der Waals surface area (Å²) in [6.45, 7) is 5.45. The molecule has 0 radical (unpaired) electrons. The van der Waals surface area contributed by atoms with E-state index in [0.717, 1.165) is 41.5 Å². The third-order valence-electron chi connectivity index (χ3n) is 6.85. The summed E-state index contributed by atoms with van der Waals surface area (Å²) in [5.74, 6) is -0.131. The Hall–Kier alpha value is -3.94. The SMILES string of the molecule is CN1C(=O)COc2nc(-c3ccc(C4(NC(=O)OC(C)(C)C)CCC4)cc3)c(-c3ccc(F)cc3)cc21. The zero-order chi connectivity index (χ0) is 26.4. The number of anilines is 1. The zero-order valence-electron chi connectivity index (χ0n) is 21.4. The Morgan fingerprint density at radius 2 is 1.73 bits per heavy atom. The fourth-order valence-electron chi connectivity index (χ4n) is 4.73. The Morgan fingerprint density at radius 3 is 2.32 bits per heavy atom. The largest absolute Gasteiger partial charge is 0.466 e. The number of nitrogens with one attached hydrogen (secondary N) is 1. The van der Waals surface area contributed by atoms with Crippen molar-refractivity contribution in [1.29, 1.82) is 0 Å². The molecule has 0 atom stereocenters. The Bertz CT molecular complexity index is 1340. The first kappa shape index (κ1) is 24.7. The van der Waals surface area contributed by atoms with E-state index in [1.807, 2.05) is 51.1 Å². The predicted octanol–water partition coefficient (Wildman–Crippen LogP) is 5.81. The number of carbonyl (C=O) groups excluding carboxylic acids is 2. The average Bonchev–Trinajstić information content (AvgIpc) is 2.83. The van der Waals surface area contributed by atoms with Gasteiger partial charge in [-0.2, -0.15) is 0 Å². The van der Waals surface area contributed by atoms with Crippen LogP contribution in [0.3, 0.4) is 0 Å². The molecule has 0 unspecified atom stereocenters. The van der Waals surface area contributed by atoms with Gasteiger partial charge in [0.2, 0.25) is 5.88 Å². The van der Waals surface area contributed by atoms with Crippen LogP contribution in [0.5, 0.6) is 5.88 Å². The molecule has 1 aromatic heterocycles. The fourth-order valence-corrected chi connectivity index (χ4v) is 4.73. The van der Waals surface area contributed by atoms with Crippen LogP contribution < -0.4 is 15.0 Å². The van der Waals surface area contributed by atoms with Crippen molar-refractivity contribution < 1.29 is 23.5 Å². The minimum absolute atomic E-state index is 0.0797. The maximum absolute atomic E-state index is 13.7. The van der Waals surface area contributed by atoms with Gasteiger partial charge in [-0.25, -0.2) is 14.2 Å². The number of nitrogens with zero attached hydrogens (tertiary/aromatic N) is 2. The molecular weight excluding hydrogens is 473 g/mol. The van der Waals surface area contributed by atoms with Crippen molar-refractivity contribution in [3.05, 3.63) is 66.0 Å². The second-order valence-electron chi connectivity index (χ2n) is 10.6. The van der Waals surface area contributed by atoms with Crippen LogP contribution >= 0.6 is 0 Å². The lowest BCUT2D eigenvalue weighted by Gasteiger charge is -2.43. The first-order valence-corrected chi connectivity index (χ1v) is 12.4. The Labute approximate surface area is 215 Å². The molecule has 0 spiro atoms. The first-order chi connectivity index (χ1) is 17.5. The van der Waals surface area contributed by atoms with E-state index in [-0.39, 0.29) is 18.3 Å². The lowest BCUT2D eigenvalue weighted by atomic mass is 9.71. The summed E-state index contributed by atoms with van der Waals surface area (Å²) < 4.78 is 24.8. The fraction of sp³-hybridized carbons (Fsp3) is 0.345. The van der Waals surface area contributed by atoms with Crippen LogP contribution in [0.25, 0.3) is 22.4 Å². The number of likely N-dealkylation sites (N-methyl/N-ethyl adjacent to an activating group) is 1. The summed E-state index contributed by atoms with van der Waals surface area (Å²) >= 11 is 0. The minimum atomic E-state index is -0.575. The molecule has 3 aromatic rings. The highest BCUT2D eigenvalue weighted by Crippen LogP contribution is 2.43. The predicted molar refractivity (Wildman–Crippen MR) is 139 cm³/mol. The number of hydrogen-bond donors (Lipinski definition) is 1. The number of benzene rings is 2. The number of fused-ring (bicyclic) bond motifs is 1. The molecule has 5 rings (SSSR count). The Morgan fingerprint density at radius 1 is 1.08 bits per heavy atom. The average molecular weight is 504 g/mol. The van der Waals surface area contributed by atoms with Crippen LogP contribution in [0.15, 0.2) is 54.6 Å². The molecule has 1 saturated carbocycles. The summed E-state index contributed by atoms with van der Waals surface area (Å²) in [7, 11) is 1.68. The number of halogens is 1. The molecule has 0 saturated heterocycles. The van der Waals surface area contributed by atoms with Crippen LogP contribution in [-0.2, 0) is 15.1 Å². The van der Waals surface area contributed by atoms with Gasteiger partial charge in [-0.1, -0.05) is 36.4 Å². The number of pyridine rings is 1. The highest BCUT2D eigenvalue weighted by molar-refractivity contribution is 5.98. The van der Waals surface area contributed by atoms with E-state index in [1.165, 1.54) is 17.0 Å². The molecule has 7 nitrogen and oxygen atoms in total. The van der Waals surface area contributed by atoms with Crippen molar-refractivity contribution in [2.45, 2.75) is 51.2 Å². The van der Waals surface area contributed by atoms with E-state index in [9.17, 15) is 14.0 Å². The summed E-state index contributed by atoms with van der Waals surface area (Å²) in [6, 6.07) is 16.0. The van der Waals surface area contributed by atoms with Crippen molar-refractivity contribution in [1.82, 2.24) is 10.3 Å². The molecule has 37 heavy (non-hydrogen) atoms. The smallest absolute Gasteiger partial charge is 0.408 e. The monoisotopic (exact) mass is 503 g/mol. The van der Waals surface area contributed by atoms with Crippen LogP contribution in [0.1, 0.15) is 45.6 Å². The maximum Gasteiger partial charge on any atom is 0.408 e. The molecule has 0 bridgehead atoms. The maximum atomic E-state index is 13.7. The van der Waals surface area contributed by atoms with Crippen molar-refractivity contribution in [3.8, 4) is 28.3 Å². The Kier molecular flexibility index (Phi) is 6.14. The molecule has 1 N–H and O–H groups in total. The molecule has 2 heterocycles. The van der Waals surface area contributed by atoms with Gasteiger partial charge in [0, 0.05) is 18.2 Å². The summed E-state index contributed by atoms with van der Waals surface area (Å²) in [6.07, 6.45) is 2.25. The molecule has 192 valence electrons. The normalized spacial score (nSPS) is 16.4. The first-order valence-electron chi connectivity index (χ1n) is 12.4. The van der Waals surface area contributed by atoms with Gasteiger partial charge in [-0.15, -0.1) is 0 Å². The topological polar surface area (TPSA) is 80.8 Å². The van der Waals surface area contributed by atoms with Crippen molar-refractivity contribution in [2.24, 2.45) is 0 Å². The zero-order valence-corrected chi connectivity index (χ0v) is 21.4. The van der Waals surface area contributed by atoms with E-state index in [1.54, 1.807) is 19.2 Å². The number of aromatic nitrogens is 1. The molecule has 1 aliphatic carbocycles. The highest BCUT2D eigenvalue weighted by Gasteiger charge is 2.41. The molecule has 8 heteroatoms. The second kappa shape index (κ2) is 9.18. The highest BCUT2D eigenvalue weighted by atomic mass is 19.1. The van der Waals surface area contributed by atoms with E-state index >= 15 is 0 Å². The molecule has 2 amide bonds. The number of carbonyl (C=O) groups is 2. The quantitative estimate of drug-likeness (QED) is 0.486. The second-order valence-corrected chi connectivity index (χ2v) is 10.6. The van der Waals surface area contributed by atoms with Crippen LogP contribution in [0, 0.1) is 5.82 Å². The van der Waals surface area contributed by atoms with Gasteiger partial charge in [0.15, 0.2) is 6.61 Å². The molecule has 2 aromatic carbocycles. The standard InChI is InChI=1S/C29H30FN3O4/c1-28(2,3)37-27(35)32-29(14-5-15-29)20-10-6-19(7-11-20)25-22(18-8-12-21(30)13-9-18)16-23-26(31-25)36-17-24(34)33(23)4/h6-13,16H,5,14-15,17H2,1-4H3,(H,32,35). The van der Waals surface area contributed by atoms with Crippen LogP contribution in [0.2, 0.25) is 0 Å². The van der Waals surface area contributed by atoms with Gasteiger partial charge in [0.25, 0.3) is 5.91 Å². The van der Waals surface area contributed by atoms with E-state index in [0.29, 0.717) is 17.3 Å². The summed E-state index contributed by atoms with van der Waals surface area (Å²) in [5, 5.41) is 3.08. The van der Waals surface area contributed by atoms with Crippen molar-refractivity contribution in [3.63, 3.8) is 0 Å². The lowest BCUT2D eigenvalue weighted by molar-refractivity contribution is -0.121. The van der Waals surface area contributed by atoms with E-state index in [2.05, 4.69) is 5.32 Å². The number of amides is 2. The van der Waals surface area contributed by atoms with Crippen molar-refractivity contribution in [2.75, 3.05) is 18.6 Å². The number of hydrogen-bond acceptors (Lipinski definition) is 5. The third kappa shape index (κ3) is 4.88. The van der Waals surface area contributed by atoms with E-state index in [4.69, 9.17) is 14.5 Å². The molecule has 1 aliphatic heterocycles. The molecule has 2 aliphatic rings. The summed E-state index contributed by atoms with van der Waals surface area (Å²) in [5.41, 5.74) is 3.53. The Balaban J connectivity index is 1.52. The number of rotatable bonds is 4. The van der Waals surface area contributed by atoms with Gasteiger partial charge < -0.3 is 19.7 Å². The van der Waals surface area contributed by atoms with Crippen LogP contribution in [0.4, 0.5) is 14.9 Å². The van der Waals surface area contributed by atoms with Gasteiger partial charge >= 0.3 is 6.09 Å². The van der Waals surface area contributed by atoms with Crippen molar-refractivity contribution >= 4 is 17.7 Å².